The third-order valence-electron chi connectivity index (χ3n) is 0.594. The Hall–Kier alpha value is 0.290. The first-order valence-electron chi connectivity index (χ1n) is 2.12. The van der Waals surface area contributed by atoms with Gasteiger partial charge >= 0.3 is 0 Å². The highest BCUT2D eigenvalue weighted by Gasteiger charge is 1.87. The Morgan fingerprint density at radius 3 is 2.00 bits per heavy atom. The highest BCUT2D eigenvalue weighted by molar-refractivity contribution is 6.17. The zero-order valence-electron chi connectivity index (χ0n) is 4.29. The molecule has 0 aromatic rings. The van der Waals surface area contributed by atoms with Gasteiger partial charge in [-0.3, -0.25) is 0 Å². The Bertz CT molecular complexity index is 25.1. The van der Waals surface area contributed by atoms with E-state index in [1.54, 1.807) is 0 Å². The highest BCUT2D eigenvalue weighted by Crippen LogP contribution is 2.01. The molecular formula is C5H10Cl. The highest BCUT2D eigenvalue weighted by atomic mass is 35.5. The van der Waals surface area contributed by atoms with E-state index in [9.17, 15) is 0 Å². The Morgan fingerprint density at radius 1 is 1.50 bits per heavy atom. The second-order valence-electron chi connectivity index (χ2n) is 1.65. The van der Waals surface area contributed by atoms with Crippen LogP contribution < -0.4 is 0 Å². The Morgan fingerprint density at radius 2 is 2.00 bits per heavy atom. The van der Waals surface area contributed by atoms with Crippen LogP contribution in [0.25, 0.3) is 0 Å². The number of alkyl halides is 1. The van der Waals surface area contributed by atoms with Gasteiger partial charge in [0.15, 0.2) is 0 Å². The van der Waals surface area contributed by atoms with Crippen LogP contribution in [0.2, 0.25) is 0 Å². The fourth-order valence-electron chi connectivity index (χ4n) is 0.189. The lowest BCUT2D eigenvalue weighted by Gasteiger charge is -1.93. The van der Waals surface area contributed by atoms with Gasteiger partial charge in [-0.1, -0.05) is 13.8 Å². The number of halogens is 1. The lowest BCUT2D eigenvalue weighted by atomic mass is 10.2. The summed E-state index contributed by atoms with van der Waals surface area (Å²) in [5, 5.41) is 0. The minimum atomic E-state index is 0.766. The van der Waals surface area contributed by atoms with E-state index in [-0.39, 0.29) is 0 Å². The van der Waals surface area contributed by atoms with Crippen molar-refractivity contribution in [2.24, 2.45) is 0 Å². The molecule has 0 N–H and O–H groups in total. The van der Waals surface area contributed by atoms with Gasteiger partial charge in [0.25, 0.3) is 0 Å². The summed E-state index contributed by atoms with van der Waals surface area (Å²) >= 11 is 5.38. The first-order chi connectivity index (χ1) is 2.77. The first kappa shape index (κ1) is 6.29. The molecule has 0 rings (SSSR count). The van der Waals surface area contributed by atoms with Crippen molar-refractivity contribution in [3.8, 4) is 0 Å². The summed E-state index contributed by atoms with van der Waals surface area (Å²) in [6.07, 6.45) is 1.06. The van der Waals surface area contributed by atoms with Crippen molar-refractivity contribution >= 4 is 11.6 Å². The van der Waals surface area contributed by atoms with Crippen LogP contribution in [0.5, 0.6) is 0 Å². The molecule has 0 atom stereocenters. The van der Waals surface area contributed by atoms with Crippen LogP contribution in [0.4, 0.5) is 0 Å². The molecule has 6 heavy (non-hydrogen) atoms. The van der Waals surface area contributed by atoms with Crippen molar-refractivity contribution in [2.75, 3.05) is 5.88 Å². The molecule has 0 amide bonds. The predicted molar refractivity (Wildman–Crippen MR) is 29.9 cm³/mol. The van der Waals surface area contributed by atoms with Crippen molar-refractivity contribution < 1.29 is 0 Å². The minimum absolute atomic E-state index is 0.766. The third-order valence-corrected chi connectivity index (χ3v) is 0.783. The average Bonchev–Trinajstić information content (AvgIpc) is 1.35. The van der Waals surface area contributed by atoms with E-state index in [4.69, 9.17) is 11.6 Å². The summed E-state index contributed by atoms with van der Waals surface area (Å²) in [5.74, 6) is 2.17. The molecule has 0 aromatic heterocycles. The van der Waals surface area contributed by atoms with E-state index < -0.39 is 0 Å². The van der Waals surface area contributed by atoms with E-state index in [0.29, 0.717) is 0 Å². The normalized spacial score (nSPS) is 10.0. The van der Waals surface area contributed by atoms with Gasteiger partial charge in [-0.05, 0) is 12.3 Å². The maximum Gasteiger partial charge on any atom is 0.0228 e. The van der Waals surface area contributed by atoms with Crippen LogP contribution in [0.1, 0.15) is 20.3 Å². The largest absolute Gasteiger partial charge is 0.127 e. The fourth-order valence-corrected chi connectivity index (χ4v) is 0.567. The molecular weight excluding hydrogens is 95.5 g/mol. The SMILES string of the molecule is C[C](C)CCCl. The van der Waals surface area contributed by atoms with E-state index >= 15 is 0 Å². The van der Waals surface area contributed by atoms with Crippen LogP contribution in [0.3, 0.4) is 0 Å². The quantitative estimate of drug-likeness (QED) is 0.473. The number of rotatable bonds is 2. The molecule has 0 heterocycles. The van der Waals surface area contributed by atoms with Gasteiger partial charge < -0.3 is 0 Å². The standard InChI is InChI=1S/C5H10Cl/c1-5(2)3-4-6/h3-4H2,1-2H3. The summed E-state index contributed by atoms with van der Waals surface area (Å²) in [7, 11) is 0. The Kier molecular flexibility index (Phi) is 3.65. The Labute approximate surface area is 44.5 Å². The lowest BCUT2D eigenvalue weighted by molar-refractivity contribution is 0.930. The summed E-state index contributed by atoms with van der Waals surface area (Å²) < 4.78 is 0. The van der Waals surface area contributed by atoms with E-state index in [0.717, 1.165) is 12.3 Å². The zero-order valence-corrected chi connectivity index (χ0v) is 5.05. The van der Waals surface area contributed by atoms with Gasteiger partial charge in [-0.15, -0.1) is 11.6 Å². The summed E-state index contributed by atoms with van der Waals surface area (Å²) in [4.78, 5) is 0. The zero-order chi connectivity index (χ0) is 4.99. The minimum Gasteiger partial charge on any atom is -0.127 e. The molecule has 0 aliphatic rings. The second-order valence-corrected chi connectivity index (χ2v) is 2.02. The average molecular weight is 106 g/mol. The summed E-state index contributed by atoms with van der Waals surface area (Å²) in [6.45, 7) is 4.17. The lowest BCUT2D eigenvalue weighted by Crippen LogP contribution is -1.82. The van der Waals surface area contributed by atoms with Crippen LogP contribution in [0, 0.1) is 5.92 Å². The predicted octanol–water partition coefficient (Wildman–Crippen LogP) is 2.23. The molecule has 0 aliphatic carbocycles. The summed E-state index contributed by atoms with van der Waals surface area (Å²) in [5.41, 5.74) is 0. The van der Waals surface area contributed by atoms with E-state index in [1.807, 2.05) is 0 Å². The molecule has 0 aromatic carbocycles. The van der Waals surface area contributed by atoms with Gasteiger partial charge in [-0.25, -0.2) is 0 Å². The monoisotopic (exact) mass is 105 g/mol. The van der Waals surface area contributed by atoms with Gasteiger partial charge in [0.05, 0.1) is 0 Å². The van der Waals surface area contributed by atoms with Crippen molar-refractivity contribution in [1.29, 1.82) is 0 Å². The van der Waals surface area contributed by atoms with E-state index in [2.05, 4.69) is 13.8 Å². The van der Waals surface area contributed by atoms with Crippen LogP contribution in [0.15, 0.2) is 0 Å². The molecule has 0 saturated carbocycles. The van der Waals surface area contributed by atoms with Crippen molar-refractivity contribution in [1.82, 2.24) is 0 Å². The maximum atomic E-state index is 5.38. The van der Waals surface area contributed by atoms with E-state index in [1.165, 1.54) is 5.92 Å². The topological polar surface area (TPSA) is 0 Å². The van der Waals surface area contributed by atoms with Gasteiger partial charge in [0.2, 0.25) is 0 Å². The second kappa shape index (κ2) is 3.48. The van der Waals surface area contributed by atoms with Crippen molar-refractivity contribution in [3.63, 3.8) is 0 Å². The van der Waals surface area contributed by atoms with Crippen LogP contribution in [-0.4, -0.2) is 5.88 Å². The van der Waals surface area contributed by atoms with Gasteiger partial charge in [0.1, 0.15) is 0 Å². The molecule has 0 fully saturated rings. The molecule has 0 aliphatic heterocycles. The fraction of sp³-hybridized carbons (Fsp3) is 0.800. The van der Waals surface area contributed by atoms with Crippen molar-refractivity contribution in [2.45, 2.75) is 20.3 Å². The molecule has 1 heteroatoms. The molecule has 0 saturated heterocycles. The molecule has 0 unspecified atom stereocenters. The smallest absolute Gasteiger partial charge is 0.0228 e. The summed E-state index contributed by atoms with van der Waals surface area (Å²) in [6, 6.07) is 0. The first-order valence-corrected chi connectivity index (χ1v) is 2.66. The number of hydrogen-bond acceptors (Lipinski definition) is 0. The third kappa shape index (κ3) is 4.29. The maximum absolute atomic E-state index is 5.38. The molecule has 1 radical (unpaired) electrons. The van der Waals surface area contributed by atoms with Crippen LogP contribution in [-0.2, 0) is 0 Å². The molecule has 0 spiro atoms. The number of hydrogen-bond donors (Lipinski definition) is 0. The van der Waals surface area contributed by atoms with Gasteiger partial charge in [-0.2, -0.15) is 0 Å². The van der Waals surface area contributed by atoms with Crippen LogP contribution >= 0.6 is 11.6 Å². The molecule has 0 nitrogen and oxygen atoms in total. The molecule has 0 bridgehead atoms. The Balaban J connectivity index is 2.63. The van der Waals surface area contributed by atoms with Crippen molar-refractivity contribution in [3.05, 3.63) is 5.92 Å². The van der Waals surface area contributed by atoms with Gasteiger partial charge in [0, 0.05) is 5.88 Å². The molecule has 37 valence electrons.